The zero-order chi connectivity index (χ0) is 20.6. The number of ether oxygens (including phenoxy) is 1. The van der Waals surface area contributed by atoms with Crippen molar-refractivity contribution in [2.24, 2.45) is 0 Å². The Kier molecular flexibility index (Phi) is 4.94. The van der Waals surface area contributed by atoms with Crippen molar-refractivity contribution in [1.82, 2.24) is 14.7 Å². The van der Waals surface area contributed by atoms with Gasteiger partial charge in [0, 0.05) is 35.9 Å². The van der Waals surface area contributed by atoms with Crippen LogP contribution < -0.4 is 5.73 Å². The molecule has 2 heterocycles. The molecule has 0 bridgehead atoms. The first-order chi connectivity index (χ1) is 13.8. The van der Waals surface area contributed by atoms with Crippen LogP contribution >= 0.6 is 0 Å². The molecule has 1 aliphatic rings. The molecular formula is C23H28N4O2. The van der Waals surface area contributed by atoms with Crippen LogP contribution in [-0.2, 0) is 4.74 Å². The minimum atomic E-state index is -0.466. The highest BCUT2D eigenvalue weighted by Crippen LogP contribution is 2.32. The van der Waals surface area contributed by atoms with Crippen LogP contribution in [0.25, 0.3) is 21.9 Å². The van der Waals surface area contributed by atoms with Crippen molar-refractivity contribution in [3.8, 4) is 11.1 Å². The van der Waals surface area contributed by atoms with Crippen LogP contribution in [0.2, 0.25) is 0 Å². The average molecular weight is 393 g/mol. The summed E-state index contributed by atoms with van der Waals surface area (Å²) < 4.78 is 7.52. The number of carbonyl (C=O) groups excluding carboxylic acids is 1. The third-order valence-corrected chi connectivity index (χ3v) is 5.36. The lowest BCUT2D eigenvalue weighted by molar-refractivity contribution is 0.0185. The molecule has 3 aromatic rings. The number of nitrogens with two attached hydrogens (primary N) is 1. The number of piperidine rings is 1. The SMILES string of the molecule is CC(C)(C)OC(=O)N1CCC(n2cc(-c3cccc4c(N)cccc34)cn2)CC1. The van der Waals surface area contributed by atoms with Gasteiger partial charge in [-0.1, -0.05) is 30.3 Å². The molecule has 0 aliphatic carbocycles. The number of carbonyl (C=O) groups is 1. The van der Waals surface area contributed by atoms with E-state index in [0.29, 0.717) is 13.1 Å². The van der Waals surface area contributed by atoms with E-state index in [1.807, 2.05) is 55.9 Å². The summed E-state index contributed by atoms with van der Waals surface area (Å²) in [5.74, 6) is 0. The van der Waals surface area contributed by atoms with Gasteiger partial charge in [0.25, 0.3) is 0 Å². The molecule has 4 rings (SSSR count). The van der Waals surface area contributed by atoms with Gasteiger partial charge in [-0.25, -0.2) is 4.79 Å². The second kappa shape index (κ2) is 7.43. The smallest absolute Gasteiger partial charge is 0.410 e. The summed E-state index contributed by atoms with van der Waals surface area (Å²) in [6.45, 7) is 7.04. The van der Waals surface area contributed by atoms with Gasteiger partial charge in [0.1, 0.15) is 5.60 Å². The predicted molar refractivity (Wildman–Crippen MR) is 116 cm³/mol. The van der Waals surface area contributed by atoms with Crippen LogP contribution in [0.1, 0.15) is 39.7 Å². The van der Waals surface area contributed by atoms with Crippen molar-refractivity contribution in [2.75, 3.05) is 18.8 Å². The predicted octanol–water partition coefficient (Wildman–Crippen LogP) is 4.86. The Morgan fingerprint density at radius 3 is 2.52 bits per heavy atom. The van der Waals surface area contributed by atoms with E-state index in [2.05, 4.69) is 23.4 Å². The Balaban J connectivity index is 1.49. The maximum Gasteiger partial charge on any atom is 0.410 e. The van der Waals surface area contributed by atoms with E-state index in [4.69, 9.17) is 10.5 Å². The molecular weight excluding hydrogens is 364 g/mol. The Morgan fingerprint density at radius 1 is 1.10 bits per heavy atom. The van der Waals surface area contributed by atoms with E-state index in [0.717, 1.165) is 40.4 Å². The van der Waals surface area contributed by atoms with Crippen molar-refractivity contribution >= 4 is 22.6 Å². The number of likely N-dealkylation sites (tertiary alicyclic amines) is 1. The molecule has 0 spiro atoms. The van der Waals surface area contributed by atoms with Crippen molar-refractivity contribution in [1.29, 1.82) is 0 Å². The van der Waals surface area contributed by atoms with Gasteiger partial charge in [-0.05, 0) is 50.6 Å². The summed E-state index contributed by atoms with van der Waals surface area (Å²) in [6.07, 6.45) is 5.51. The van der Waals surface area contributed by atoms with Crippen molar-refractivity contribution < 1.29 is 9.53 Å². The minimum Gasteiger partial charge on any atom is -0.444 e. The van der Waals surface area contributed by atoms with Gasteiger partial charge in [-0.3, -0.25) is 4.68 Å². The molecule has 0 atom stereocenters. The number of benzene rings is 2. The van der Waals surface area contributed by atoms with E-state index in [9.17, 15) is 4.79 Å². The Hall–Kier alpha value is -3.02. The normalized spacial score (nSPS) is 15.6. The number of hydrogen-bond donors (Lipinski definition) is 1. The van der Waals surface area contributed by atoms with Gasteiger partial charge in [0.15, 0.2) is 0 Å². The number of aromatic nitrogens is 2. The highest BCUT2D eigenvalue weighted by molar-refractivity contribution is 6.02. The first kappa shape index (κ1) is 19.3. The summed E-state index contributed by atoms with van der Waals surface area (Å²) in [4.78, 5) is 14.1. The standard InChI is InChI=1S/C23H28N4O2/c1-23(2,3)29-22(28)26-12-10-17(11-13-26)27-15-16(14-25-27)18-6-4-8-20-19(18)7-5-9-21(20)24/h4-9,14-15,17H,10-13,24H2,1-3H3. The van der Waals surface area contributed by atoms with E-state index in [-0.39, 0.29) is 12.1 Å². The zero-order valence-corrected chi connectivity index (χ0v) is 17.3. The van der Waals surface area contributed by atoms with Crippen LogP contribution in [0.3, 0.4) is 0 Å². The third-order valence-electron chi connectivity index (χ3n) is 5.36. The topological polar surface area (TPSA) is 73.4 Å². The molecule has 1 aromatic heterocycles. The number of nitrogen functional groups attached to an aromatic ring is 1. The third kappa shape index (κ3) is 4.06. The monoisotopic (exact) mass is 392 g/mol. The van der Waals surface area contributed by atoms with Crippen LogP contribution in [0.15, 0.2) is 48.8 Å². The fourth-order valence-electron chi connectivity index (χ4n) is 3.90. The largest absolute Gasteiger partial charge is 0.444 e. The van der Waals surface area contributed by atoms with Gasteiger partial charge < -0.3 is 15.4 Å². The van der Waals surface area contributed by atoms with Crippen LogP contribution in [0, 0.1) is 0 Å². The second-order valence-corrected chi connectivity index (χ2v) is 8.66. The van der Waals surface area contributed by atoms with E-state index in [1.54, 1.807) is 4.90 Å². The number of hydrogen-bond acceptors (Lipinski definition) is 4. The van der Waals surface area contributed by atoms with Gasteiger partial charge in [0.05, 0.1) is 12.2 Å². The second-order valence-electron chi connectivity index (χ2n) is 8.66. The summed E-state index contributed by atoms with van der Waals surface area (Å²) in [5.41, 5.74) is 8.67. The molecule has 6 nitrogen and oxygen atoms in total. The quantitative estimate of drug-likeness (QED) is 0.632. The van der Waals surface area contributed by atoms with Crippen LogP contribution in [0.4, 0.5) is 10.5 Å². The highest BCUT2D eigenvalue weighted by atomic mass is 16.6. The van der Waals surface area contributed by atoms with Gasteiger partial charge in [-0.2, -0.15) is 5.10 Å². The first-order valence-corrected chi connectivity index (χ1v) is 10.1. The lowest BCUT2D eigenvalue weighted by Crippen LogP contribution is -2.42. The lowest BCUT2D eigenvalue weighted by atomic mass is 9.99. The van der Waals surface area contributed by atoms with E-state index in [1.165, 1.54) is 0 Å². The van der Waals surface area contributed by atoms with Gasteiger partial charge >= 0.3 is 6.09 Å². The Morgan fingerprint density at radius 2 is 1.79 bits per heavy atom. The fourth-order valence-corrected chi connectivity index (χ4v) is 3.90. The molecule has 2 aromatic carbocycles. The molecule has 0 radical (unpaired) electrons. The average Bonchev–Trinajstić information content (AvgIpc) is 3.17. The summed E-state index contributed by atoms with van der Waals surface area (Å²) in [6, 6.07) is 12.5. The number of amides is 1. The number of fused-ring (bicyclic) bond motifs is 1. The van der Waals surface area contributed by atoms with Crippen LogP contribution in [-0.4, -0.2) is 39.5 Å². The van der Waals surface area contributed by atoms with E-state index < -0.39 is 5.60 Å². The minimum absolute atomic E-state index is 0.231. The molecule has 0 saturated carbocycles. The van der Waals surface area contributed by atoms with Crippen molar-refractivity contribution in [3.63, 3.8) is 0 Å². The lowest BCUT2D eigenvalue weighted by Gasteiger charge is -2.33. The van der Waals surface area contributed by atoms with Crippen LogP contribution in [0.5, 0.6) is 0 Å². The maximum absolute atomic E-state index is 12.3. The maximum atomic E-state index is 12.3. The molecule has 1 fully saturated rings. The van der Waals surface area contributed by atoms with Gasteiger partial charge in [-0.15, -0.1) is 0 Å². The van der Waals surface area contributed by atoms with Crippen molar-refractivity contribution in [3.05, 3.63) is 48.8 Å². The van der Waals surface area contributed by atoms with Crippen molar-refractivity contribution in [2.45, 2.75) is 45.3 Å². The first-order valence-electron chi connectivity index (χ1n) is 10.1. The number of nitrogens with zero attached hydrogens (tertiary/aromatic N) is 3. The molecule has 1 amide bonds. The number of anilines is 1. The summed E-state index contributed by atoms with van der Waals surface area (Å²) in [5, 5.41) is 6.82. The van der Waals surface area contributed by atoms with Gasteiger partial charge in [0.2, 0.25) is 0 Å². The summed E-state index contributed by atoms with van der Waals surface area (Å²) in [7, 11) is 0. The summed E-state index contributed by atoms with van der Waals surface area (Å²) >= 11 is 0. The molecule has 6 heteroatoms. The molecule has 152 valence electrons. The zero-order valence-electron chi connectivity index (χ0n) is 17.3. The Labute approximate surface area is 171 Å². The number of rotatable bonds is 2. The molecule has 1 saturated heterocycles. The molecule has 0 unspecified atom stereocenters. The highest BCUT2D eigenvalue weighted by Gasteiger charge is 2.28. The molecule has 29 heavy (non-hydrogen) atoms. The molecule has 2 N–H and O–H groups in total. The molecule has 1 aliphatic heterocycles. The van der Waals surface area contributed by atoms with E-state index >= 15 is 0 Å². The fraction of sp³-hybridized carbons (Fsp3) is 0.391. The Bertz CT molecular complexity index is 1030.